The van der Waals surface area contributed by atoms with E-state index in [4.69, 9.17) is 5.21 Å². The molecule has 0 fully saturated rings. The van der Waals surface area contributed by atoms with E-state index in [1.165, 1.54) is 4.90 Å². The highest BCUT2D eigenvalue weighted by atomic mass is 19.4. The molecule has 0 aromatic heterocycles. The quantitative estimate of drug-likeness (QED) is 0.476. The van der Waals surface area contributed by atoms with Crippen molar-refractivity contribution in [2.24, 2.45) is 16.1 Å². The van der Waals surface area contributed by atoms with Gasteiger partial charge in [-0.25, -0.2) is 0 Å². The standard InChI is InChI=1S/C15H15F6N3O2/c1-8(2)12-22-7-11(23-26)24(12)10-5-3-9(4-6-10)13(25,14(16,17)18)15(19,20)21/h3-6,8,25-26H,7H2,1-2H3/b23-11-. The zero-order chi connectivity index (χ0) is 19.9. The van der Waals surface area contributed by atoms with Crippen molar-refractivity contribution in [3.8, 4) is 0 Å². The summed E-state index contributed by atoms with van der Waals surface area (Å²) in [6, 6.07) is 2.99. The summed E-state index contributed by atoms with van der Waals surface area (Å²) in [6.45, 7) is 3.56. The number of aliphatic imine (C=N–C) groups is 1. The number of aliphatic hydroxyl groups is 1. The zero-order valence-electron chi connectivity index (χ0n) is 13.6. The second kappa shape index (κ2) is 6.45. The lowest BCUT2D eigenvalue weighted by Crippen LogP contribution is -2.53. The van der Waals surface area contributed by atoms with Crippen LogP contribution in [0.4, 0.5) is 32.0 Å². The molecule has 5 nitrogen and oxygen atoms in total. The van der Waals surface area contributed by atoms with E-state index in [1.54, 1.807) is 13.8 Å². The highest BCUT2D eigenvalue weighted by Crippen LogP contribution is 2.50. The molecule has 1 aromatic rings. The van der Waals surface area contributed by atoms with E-state index >= 15 is 0 Å². The number of rotatable bonds is 3. The van der Waals surface area contributed by atoms with Crippen LogP contribution < -0.4 is 4.90 Å². The second-order valence-corrected chi connectivity index (χ2v) is 5.93. The SMILES string of the molecule is CC(C)C1=NC/C(=N/O)N1c1ccc(C(O)(C(F)(F)F)C(F)(F)F)cc1. The van der Waals surface area contributed by atoms with E-state index in [2.05, 4.69) is 10.1 Å². The Balaban J connectivity index is 2.49. The Hall–Kier alpha value is -2.30. The van der Waals surface area contributed by atoms with Gasteiger partial charge in [0.25, 0.3) is 5.60 Å². The van der Waals surface area contributed by atoms with E-state index in [0.717, 1.165) is 12.1 Å². The Bertz CT molecular complexity index is 708. The number of hydrogen-bond donors (Lipinski definition) is 2. The molecule has 0 amide bonds. The molecule has 0 saturated heterocycles. The fraction of sp³-hybridized carbons (Fsp3) is 0.467. The molecule has 2 rings (SSSR count). The van der Waals surface area contributed by atoms with Gasteiger partial charge in [-0.3, -0.25) is 9.89 Å². The fourth-order valence-corrected chi connectivity index (χ4v) is 2.56. The van der Waals surface area contributed by atoms with Crippen molar-refractivity contribution in [3.05, 3.63) is 29.8 Å². The summed E-state index contributed by atoms with van der Waals surface area (Å²) in [5.41, 5.74) is -6.21. The number of anilines is 1. The Morgan fingerprint density at radius 1 is 1.04 bits per heavy atom. The topological polar surface area (TPSA) is 68.4 Å². The van der Waals surface area contributed by atoms with Gasteiger partial charge >= 0.3 is 12.4 Å². The number of nitrogens with zero attached hydrogens (tertiary/aromatic N) is 3. The number of hydrogen-bond acceptors (Lipinski definition) is 4. The molecule has 0 saturated carbocycles. The molecule has 1 aliphatic rings. The molecule has 0 atom stereocenters. The summed E-state index contributed by atoms with van der Waals surface area (Å²) in [5.74, 6) is 0.368. The average Bonchev–Trinajstić information content (AvgIpc) is 2.96. The molecule has 0 unspecified atom stereocenters. The largest absolute Gasteiger partial charge is 0.430 e. The van der Waals surface area contributed by atoms with Gasteiger partial charge in [-0.05, 0) is 12.1 Å². The third-order valence-electron chi connectivity index (χ3n) is 3.87. The van der Waals surface area contributed by atoms with Gasteiger partial charge in [0.1, 0.15) is 12.4 Å². The second-order valence-electron chi connectivity index (χ2n) is 5.93. The molecule has 1 aliphatic heterocycles. The predicted molar refractivity (Wildman–Crippen MR) is 81.3 cm³/mol. The molecule has 1 aromatic carbocycles. The summed E-state index contributed by atoms with van der Waals surface area (Å²) in [5, 5.41) is 21.5. The predicted octanol–water partition coefficient (Wildman–Crippen LogP) is 3.66. The molecule has 0 bridgehead atoms. The molecule has 2 N–H and O–H groups in total. The van der Waals surface area contributed by atoms with Gasteiger partial charge in [0.15, 0.2) is 5.84 Å². The lowest BCUT2D eigenvalue weighted by Gasteiger charge is -2.33. The molecular formula is C15H15F6N3O2. The maximum atomic E-state index is 12.9. The average molecular weight is 383 g/mol. The third-order valence-corrected chi connectivity index (χ3v) is 3.87. The summed E-state index contributed by atoms with van der Waals surface area (Å²) in [6.07, 6.45) is -11.9. The fourth-order valence-electron chi connectivity index (χ4n) is 2.56. The van der Waals surface area contributed by atoms with Crippen molar-refractivity contribution in [3.63, 3.8) is 0 Å². The van der Waals surface area contributed by atoms with Crippen molar-refractivity contribution in [1.29, 1.82) is 0 Å². The van der Waals surface area contributed by atoms with Crippen LogP contribution in [-0.4, -0.2) is 40.9 Å². The number of amidine groups is 2. The van der Waals surface area contributed by atoms with Crippen LogP contribution in [0, 0.1) is 5.92 Å². The molecule has 0 spiro atoms. The molecular weight excluding hydrogens is 368 g/mol. The summed E-state index contributed by atoms with van der Waals surface area (Å²) in [4.78, 5) is 5.47. The van der Waals surface area contributed by atoms with Crippen LogP contribution in [0.2, 0.25) is 0 Å². The van der Waals surface area contributed by atoms with Gasteiger partial charge in [-0.15, -0.1) is 0 Å². The summed E-state index contributed by atoms with van der Waals surface area (Å²) < 4.78 is 77.5. The Morgan fingerprint density at radius 2 is 1.54 bits per heavy atom. The zero-order valence-corrected chi connectivity index (χ0v) is 13.6. The first-order valence-corrected chi connectivity index (χ1v) is 7.36. The van der Waals surface area contributed by atoms with E-state index in [1.807, 2.05) is 0 Å². The number of benzene rings is 1. The lowest BCUT2D eigenvalue weighted by molar-refractivity contribution is -0.376. The highest BCUT2D eigenvalue weighted by molar-refractivity contribution is 6.23. The summed E-state index contributed by atoms with van der Waals surface area (Å²) >= 11 is 0. The van der Waals surface area contributed by atoms with Crippen LogP contribution in [0.3, 0.4) is 0 Å². The Morgan fingerprint density at radius 3 is 1.92 bits per heavy atom. The first-order valence-electron chi connectivity index (χ1n) is 7.36. The van der Waals surface area contributed by atoms with Gasteiger partial charge in [-0.2, -0.15) is 26.3 Å². The van der Waals surface area contributed by atoms with E-state index in [9.17, 15) is 31.4 Å². The minimum Gasteiger partial charge on any atom is -0.409 e. The van der Waals surface area contributed by atoms with Crippen molar-refractivity contribution in [2.45, 2.75) is 31.8 Å². The van der Waals surface area contributed by atoms with Crippen molar-refractivity contribution >= 4 is 17.4 Å². The van der Waals surface area contributed by atoms with Gasteiger partial charge in [0.2, 0.25) is 0 Å². The van der Waals surface area contributed by atoms with Crippen LogP contribution in [-0.2, 0) is 5.60 Å². The molecule has 0 radical (unpaired) electrons. The molecule has 144 valence electrons. The normalized spacial score (nSPS) is 18.0. The maximum absolute atomic E-state index is 12.9. The number of oxime groups is 1. The van der Waals surface area contributed by atoms with Crippen LogP contribution in [0.5, 0.6) is 0 Å². The van der Waals surface area contributed by atoms with Gasteiger partial charge < -0.3 is 10.3 Å². The number of alkyl halides is 6. The number of halogens is 6. The van der Waals surface area contributed by atoms with Gasteiger partial charge in [0, 0.05) is 17.2 Å². The van der Waals surface area contributed by atoms with Crippen molar-refractivity contribution in [2.75, 3.05) is 11.4 Å². The van der Waals surface area contributed by atoms with Gasteiger partial charge in [-0.1, -0.05) is 31.1 Å². The van der Waals surface area contributed by atoms with Crippen molar-refractivity contribution < 1.29 is 36.7 Å². The van der Waals surface area contributed by atoms with Crippen LogP contribution in [0.25, 0.3) is 0 Å². The maximum Gasteiger partial charge on any atom is 0.430 e. The van der Waals surface area contributed by atoms with Crippen molar-refractivity contribution in [1.82, 2.24) is 0 Å². The first kappa shape index (κ1) is 20.0. The molecule has 1 heterocycles. The monoisotopic (exact) mass is 383 g/mol. The Labute approximate surface area is 144 Å². The van der Waals surface area contributed by atoms with Gasteiger partial charge in [0.05, 0.1) is 0 Å². The van der Waals surface area contributed by atoms with Crippen LogP contribution in [0.1, 0.15) is 19.4 Å². The summed E-state index contributed by atoms with van der Waals surface area (Å²) in [7, 11) is 0. The van der Waals surface area contributed by atoms with Crippen LogP contribution >= 0.6 is 0 Å². The first-order chi connectivity index (χ1) is 11.8. The Kier molecular flexibility index (Phi) is 4.97. The third kappa shape index (κ3) is 3.11. The minimum atomic E-state index is -5.96. The minimum absolute atomic E-state index is 0.0147. The van der Waals surface area contributed by atoms with Crippen LogP contribution in [0.15, 0.2) is 34.4 Å². The molecule has 26 heavy (non-hydrogen) atoms. The molecule has 0 aliphatic carbocycles. The lowest BCUT2D eigenvalue weighted by atomic mass is 9.92. The van der Waals surface area contributed by atoms with E-state index < -0.39 is 23.5 Å². The molecule has 11 heteroatoms. The van der Waals surface area contributed by atoms with E-state index in [-0.39, 0.29) is 24.0 Å². The highest BCUT2D eigenvalue weighted by Gasteiger charge is 2.71. The van der Waals surface area contributed by atoms with E-state index in [0.29, 0.717) is 18.0 Å². The smallest absolute Gasteiger partial charge is 0.409 e.